The molecule has 1 heterocycles. The maximum Gasteiger partial charge on any atom is 0.508 e. The smallest absolute Gasteiger partial charge is 0.444 e. The van der Waals surface area contributed by atoms with Gasteiger partial charge in [0.1, 0.15) is 36.0 Å². The van der Waals surface area contributed by atoms with E-state index >= 15 is 0 Å². The zero-order valence-corrected chi connectivity index (χ0v) is 18.7. The molecule has 0 bridgehead atoms. The molecule has 0 aromatic carbocycles. The highest BCUT2D eigenvalue weighted by molar-refractivity contribution is 6.00. The molecule has 1 saturated heterocycles. The average Bonchev–Trinajstić information content (AvgIpc) is 2.53. The van der Waals surface area contributed by atoms with E-state index in [4.69, 9.17) is 18.9 Å². The van der Waals surface area contributed by atoms with Gasteiger partial charge in [0.15, 0.2) is 0 Å². The van der Waals surface area contributed by atoms with Crippen molar-refractivity contribution in [2.24, 2.45) is 10.4 Å². The third kappa shape index (κ3) is 9.71. The molecule has 1 N–H and O–H groups in total. The van der Waals surface area contributed by atoms with Crippen LogP contribution in [-0.2, 0) is 23.7 Å². The fourth-order valence-corrected chi connectivity index (χ4v) is 2.36. The summed E-state index contributed by atoms with van der Waals surface area (Å²) >= 11 is 0. The molecule has 1 rings (SSSR count). The van der Waals surface area contributed by atoms with Gasteiger partial charge < -0.3 is 18.9 Å². The Balaban J connectivity index is 2.74. The number of ketones is 1. The van der Waals surface area contributed by atoms with E-state index in [0.717, 1.165) is 0 Å². The van der Waals surface area contributed by atoms with Crippen molar-refractivity contribution in [3.8, 4) is 0 Å². The van der Waals surface area contributed by atoms with Gasteiger partial charge in [-0.2, -0.15) is 4.99 Å². The number of hydrogen-bond donors (Lipinski definition) is 1. The van der Waals surface area contributed by atoms with E-state index in [1.165, 1.54) is 0 Å². The summed E-state index contributed by atoms with van der Waals surface area (Å²) in [4.78, 5) is 51.4. The molecule has 170 valence electrons. The van der Waals surface area contributed by atoms with Gasteiger partial charge in [0.25, 0.3) is 0 Å². The SMILES string of the molecule is CC(C)(C)OC(=O)N=C(CCCC(=O)C1(C)COC(=O)OC1)NC(=O)OC(C)(C)C. The van der Waals surface area contributed by atoms with Crippen molar-refractivity contribution in [3.63, 3.8) is 0 Å². The summed E-state index contributed by atoms with van der Waals surface area (Å²) < 4.78 is 19.9. The number of Topliss-reactive ketones (excluding diaryl/α,β-unsaturated/α-hetero) is 1. The maximum absolute atomic E-state index is 12.5. The van der Waals surface area contributed by atoms with Gasteiger partial charge in [0.2, 0.25) is 0 Å². The standard InChI is InChI=1S/C20H32N2O8/c1-18(2,3)29-15(24)21-14(22-16(25)30-19(4,5)6)10-8-9-13(23)20(7)11-27-17(26)28-12-20/h8-12H2,1-7H3,(H,21,22,24,25). The highest BCUT2D eigenvalue weighted by atomic mass is 16.7. The summed E-state index contributed by atoms with van der Waals surface area (Å²) in [5.41, 5.74) is -2.42. The number of rotatable bonds is 5. The Labute approximate surface area is 176 Å². The quantitative estimate of drug-likeness (QED) is 0.303. The fourth-order valence-electron chi connectivity index (χ4n) is 2.36. The topological polar surface area (TPSA) is 130 Å². The minimum atomic E-state index is -0.936. The summed E-state index contributed by atoms with van der Waals surface area (Å²) in [5.74, 6) is -0.133. The number of alkyl carbamates (subject to hydrolysis) is 1. The minimum Gasteiger partial charge on any atom is -0.444 e. The minimum absolute atomic E-state index is 0.0303. The number of cyclic esters (lactones) is 2. The molecule has 1 fully saturated rings. The lowest BCUT2D eigenvalue weighted by Crippen LogP contribution is -2.43. The van der Waals surface area contributed by atoms with Crippen LogP contribution in [0, 0.1) is 5.41 Å². The van der Waals surface area contributed by atoms with Crippen LogP contribution in [0.2, 0.25) is 0 Å². The second kappa shape index (κ2) is 9.90. The Morgan fingerprint density at radius 1 is 1.00 bits per heavy atom. The maximum atomic E-state index is 12.5. The highest BCUT2D eigenvalue weighted by Crippen LogP contribution is 2.26. The molecule has 30 heavy (non-hydrogen) atoms. The molecule has 0 spiro atoms. The van der Waals surface area contributed by atoms with Crippen molar-refractivity contribution in [1.82, 2.24) is 5.32 Å². The summed E-state index contributed by atoms with van der Waals surface area (Å²) in [6.07, 6.45) is -1.90. The number of carbonyl (C=O) groups is 4. The molecule has 0 aromatic rings. The molecule has 0 saturated carbocycles. The average molecular weight is 428 g/mol. The Hall–Kier alpha value is -2.65. The number of nitrogens with zero attached hydrogens (tertiary/aromatic N) is 1. The second-order valence-corrected chi connectivity index (χ2v) is 9.33. The van der Waals surface area contributed by atoms with Crippen molar-refractivity contribution in [2.75, 3.05) is 13.2 Å². The molecular weight excluding hydrogens is 396 g/mol. The summed E-state index contributed by atoms with van der Waals surface area (Å²) in [6.45, 7) is 11.7. The van der Waals surface area contributed by atoms with Gasteiger partial charge >= 0.3 is 18.3 Å². The largest absolute Gasteiger partial charge is 0.508 e. The van der Waals surface area contributed by atoms with Gasteiger partial charge in [-0.15, -0.1) is 0 Å². The predicted octanol–water partition coefficient (Wildman–Crippen LogP) is 3.76. The highest BCUT2D eigenvalue weighted by Gasteiger charge is 2.39. The van der Waals surface area contributed by atoms with Crippen molar-refractivity contribution >= 4 is 30.0 Å². The van der Waals surface area contributed by atoms with Crippen molar-refractivity contribution in [1.29, 1.82) is 0 Å². The lowest BCUT2D eigenvalue weighted by molar-refractivity contribution is -0.139. The fraction of sp³-hybridized carbons (Fsp3) is 0.750. The van der Waals surface area contributed by atoms with E-state index in [1.54, 1.807) is 48.5 Å². The van der Waals surface area contributed by atoms with E-state index in [9.17, 15) is 19.2 Å². The summed E-state index contributed by atoms with van der Waals surface area (Å²) in [7, 11) is 0. The van der Waals surface area contributed by atoms with Crippen LogP contribution in [-0.4, -0.2) is 54.4 Å². The zero-order valence-electron chi connectivity index (χ0n) is 18.7. The second-order valence-electron chi connectivity index (χ2n) is 9.33. The number of aliphatic imine (C=N–C) groups is 1. The summed E-state index contributed by atoms with van der Waals surface area (Å²) in [5, 5.41) is 2.44. The molecule has 0 unspecified atom stereocenters. The molecule has 0 atom stereocenters. The van der Waals surface area contributed by atoms with Gasteiger partial charge in [-0.3, -0.25) is 10.1 Å². The third-order valence-corrected chi connectivity index (χ3v) is 3.77. The molecule has 1 aliphatic rings. The first-order valence-corrected chi connectivity index (χ1v) is 9.73. The lowest BCUT2D eigenvalue weighted by Gasteiger charge is -2.30. The number of nitrogens with one attached hydrogen (secondary N) is 1. The Bertz CT molecular complexity index is 691. The number of ether oxygens (including phenoxy) is 4. The van der Waals surface area contributed by atoms with Crippen molar-refractivity contribution in [2.45, 2.75) is 78.9 Å². The Morgan fingerprint density at radius 3 is 2.03 bits per heavy atom. The van der Waals surface area contributed by atoms with Crippen molar-refractivity contribution in [3.05, 3.63) is 0 Å². The monoisotopic (exact) mass is 428 g/mol. The van der Waals surface area contributed by atoms with Crippen LogP contribution in [0.25, 0.3) is 0 Å². The molecule has 10 heteroatoms. The Morgan fingerprint density at radius 2 is 1.53 bits per heavy atom. The van der Waals surface area contributed by atoms with Crippen molar-refractivity contribution < 1.29 is 38.1 Å². The van der Waals surface area contributed by atoms with E-state index < -0.39 is 35.0 Å². The van der Waals surface area contributed by atoms with Crippen LogP contribution in [0.15, 0.2) is 4.99 Å². The van der Waals surface area contributed by atoms with Gasteiger partial charge in [-0.1, -0.05) is 0 Å². The van der Waals surface area contributed by atoms with Crippen LogP contribution < -0.4 is 5.32 Å². The van der Waals surface area contributed by atoms with Crippen LogP contribution in [0.3, 0.4) is 0 Å². The molecule has 10 nitrogen and oxygen atoms in total. The molecule has 0 aromatic heterocycles. The van der Waals surface area contributed by atoms with Gasteiger partial charge in [-0.25, -0.2) is 14.4 Å². The molecule has 0 radical (unpaired) electrons. The first kappa shape index (κ1) is 25.4. The first-order chi connectivity index (χ1) is 13.6. The van der Waals surface area contributed by atoms with Gasteiger partial charge in [0.05, 0.1) is 5.41 Å². The van der Waals surface area contributed by atoms with E-state index in [2.05, 4.69) is 10.3 Å². The first-order valence-electron chi connectivity index (χ1n) is 9.73. The van der Waals surface area contributed by atoms with Crippen LogP contribution in [0.4, 0.5) is 14.4 Å². The normalized spacial score (nSPS) is 16.8. The van der Waals surface area contributed by atoms with Crippen LogP contribution >= 0.6 is 0 Å². The number of amidine groups is 1. The van der Waals surface area contributed by atoms with E-state index in [-0.39, 0.29) is 37.7 Å². The van der Waals surface area contributed by atoms with Gasteiger partial charge in [0, 0.05) is 12.8 Å². The molecule has 1 aliphatic heterocycles. The van der Waals surface area contributed by atoms with Gasteiger partial charge in [-0.05, 0) is 54.9 Å². The number of hydrogen-bond acceptors (Lipinski definition) is 8. The number of carbonyl (C=O) groups excluding carboxylic acids is 4. The zero-order chi connectivity index (χ0) is 23.2. The third-order valence-electron chi connectivity index (χ3n) is 3.77. The lowest BCUT2D eigenvalue weighted by atomic mass is 9.84. The van der Waals surface area contributed by atoms with Crippen LogP contribution in [0.1, 0.15) is 67.7 Å². The van der Waals surface area contributed by atoms with Crippen LogP contribution in [0.5, 0.6) is 0 Å². The number of amides is 2. The molecule has 0 aliphatic carbocycles. The summed E-state index contributed by atoms with van der Waals surface area (Å²) in [6, 6.07) is 0. The Kier molecular flexibility index (Phi) is 8.38. The van der Waals surface area contributed by atoms with E-state index in [0.29, 0.717) is 6.42 Å². The molecule has 2 amide bonds. The molecular formula is C20H32N2O8. The van der Waals surface area contributed by atoms with E-state index in [1.807, 2.05) is 0 Å². The predicted molar refractivity (Wildman–Crippen MR) is 107 cm³/mol.